The van der Waals surface area contributed by atoms with Crippen molar-refractivity contribution in [3.05, 3.63) is 76.7 Å². The van der Waals surface area contributed by atoms with Crippen LogP contribution in [-0.2, 0) is 24.3 Å². The highest BCUT2D eigenvalue weighted by Gasteiger charge is 2.28. The Morgan fingerprint density at radius 1 is 1.28 bits per heavy atom. The number of amides is 1. The number of nitrogens with one attached hydrogen (secondary N) is 1. The molecule has 0 aliphatic carbocycles. The summed E-state index contributed by atoms with van der Waals surface area (Å²) >= 11 is 0. The van der Waals surface area contributed by atoms with Gasteiger partial charge >= 0.3 is 0 Å². The Morgan fingerprint density at radius 3 is 3.00 bits per heavy atom. The summed E-state index contributed by atoms with van der Waals surface area (Å²) in [7, 11) is 1.66. The molecule has 2 aliphatic rings. The Balaban J connectivity index is 1.26. The van der Waals surface area contributed by atoms with Gasteiger partial charge in [-0.3, -0.25) is 4.79 Å². The van der Waals surface area contributed by atoms with Crippen molar-refractivity contribution in [1.82, 2.24) is 15.1 Å². The summed E-state index contributed by atoms with van der Waals surface area (Å²) in [4.78, 5) is 12.8. The van der Waals surface area contributed by atoms with Crippen molar-refractivity contribution in [3.63, 3.8) is 0 Å². The number of ether oxygens (including phenoxy) is 3. The van der Waals surface area contributed by atoms with Gasteiger partial charge in [-0.2, -0.15) is 5.10 Å². The van der Waals surface area contributed by atoms with Crippen molar-refractivity contribution >= 4 is 5.91 Å². The van der Waals surface area contributed by atoms with Gasteiger partial charge in [0.1, 0.15) is 24.3 Å². The lowest BCUT2D eigenvalue weighted by Gasteiger charge is -2.26. The van der Waals surface area contributed by atoms with Crippen LogP contribution in [0.3, 0.4) is 0 Å². The molecule has 2 aromatic carbocycles. The molecule has 1 N–H and O–H groups in total. The van der Waals surface area contributed by atoms with E-state index in [0.29, 0.717) is 44.0 Å². The molecule has 0 bridgehead atoms. The topological polar surface area (TPSA) is 74.6 Å². The number of fused-ring (bicyclic) bond motifs is 2. The molecule has 0 radical (unpaired) electrons. The van der Waals surface area contributed by atoms with Crippen molar-refractivity contribution in [2.45, 2.75) is 38.1 Å². The number of benzene rings is 2. The van der Waals surface area contributed by atoms with E-state index in [1.165, 1.54) is 6.07 Å². The van der Waals surface area contributed by atoms with Gasteiger partial charge < -0.3 is 19.5 Å². The fourth-order valence-electron chi connectivity index (χ4n) is 4.22. The third kappa shape index (κ3) is 4.05. The van der Waals surface area contributed by atoms with Crippen molar-refractivity contribution in [2.24, 2.45) is 0 Å². The summed E-state index contributed by atoms with van der Waals surface area (Å²) in [6.07, 6.45) is 0.840. The SMILES string of the molecule is COCc1ccc2c(c1)C[C@@H](NC(=O)c1cc3n(n1)CCC(c1ccccc1F)O3)CO2. The third-order valence-electron chi connectivity index (χ3n) is 5.77. The number of hydrogen-bond acceptors (Lipinski definition) is 5. The van der Waals surface area contributed by atoms with E-state index in [4.69, 9.17) is 14.2 Å². The van der Waals surface area contributed by atoms with Gasteiger partial charge in [0.25, 0.3) is 5.91 Å². The molecule has 0 fully saturated rings. The van der Waals surface area contributed by atoms with Gasteiger partial charge in [0.15, 0.2) is 5.69 Å². The van der Waals surface area contributed by atoms with Crippen LogP contribution < -0.4 is 14.8 Å². The summed E-state index contributed by atoms with van der Waals surface area (Å²) in [6, 6.07) is 14.0. The zero-order chi connectivity index (χ0) is 22.1. The minimum atomic E-state index is -0.402. The molecule has 2 aliphatic heterocycles. The molecule has 1 unspecified atom stereocenters. The van der Waals surface area contributed by atoms with Crippen molar-refractivity contribution < 1.29 is 23.4 Å². The largest absolute Gasteiger partial charge is 0.491 e. The highest BCUT2D eigenvalue weighted by atomic mass is 19.1. The molecule has 1 aromatic heterocycles. The molecule has 2 atom stereocenters. The normalized spacial score (nSPS) is 19.3. The van der Waals surface area contributed by atoms with E-state index in [9.17, 15) is 9.18 Å². The standard InChI is InChI=1S/C24H24FN3O4/c1-30-13-15-6-7-21-16(10-15)11-17(14-31-21)26-24(29)20-12-23-28(27-20)9-8-22(32-23)18-4-2-3-5-19(18)25/h2-7,10,12,17,22H,8-9,11,13-14H2,1H3,(H,26,29)/t17-,22?/m1/s1. The number of hydrogen-bond donors (Lipinski definition) is 1. The molecule has 3 heterocycles. The van der Waals surface area contributed by atoms with Gasteiger partial charge in [0.05, 0.1) is 12.6 Å². The summed E-state index contributed by atoms with van der Waals surface area (Å²) in [5.41, 5.74) is 2.88. The molecule has 0 spiro atoms. The van der Waals surface area contributed by atoms with E-state index < -0.39 is 6.10 Å². The number of carbonyl (C=O) groups excluding carboxylic acids is 1. The van der Waals surface area contributed by atoms with Gasteiger partial charge in [-0.25, -0.2) is 9.07 Å². The average molecular weight is 437 g/mol. The van der Waals surface area contributed by atoms with Crippen LogP contribution in [0.4, 0.5) is 4.39 Å². The van der Waals surface area contributed by atoms with Crippen molar-refractivity contribution in [1.29, 1.82) is 0 Å². The van der Waals surface area contributed by atoms with E-state index >= 15 is 0 Å². The number of rotatable bonds is 5. The number of aromatic nitrogens is 2. The van der Waals surface area contributed by atoms with E-state index in [-0.39, 0.29) is 23.5 Å². The zero-order valence-electron chi connectivity index (χ0n) is 17.7. The Morgan fingerprint density at radius 2 is 2.16 bits per heavy atom. The third-order valence-corrected chi connectivity index (χ3v) is 5.77. The maximum absolute atomic E-state index is 14.1. The van der Waals surface area contributed by atoms with E-state index in [1.807, 2.05) is 18.2 Å². The van der Waals surface area contributed by atoms with Gasteiger partial charge in [-0.15, -0.1) is 0 Å². The Labute approximate surface area is 185 Å². The van der Waals surface area contributed by atoms with Gasteiger partial charge in [-0.1, -0.05) is 24.3 Å². The smallest absolute Gasteiger partial charge is 0.272 e. The van der Waals surface area contributed by atoms with Crippen LogP contribution >= 0.6 is 0 Å². The lowest BCUT2D eigenvalue weighted by atomic mass is 10.0. The molecular weight excluding hydrogens is 413 g/mol. The summed E-state index contributed by atoms with van der Waals surface area (Å²) in [6.45, 7) is 1.46. The first-order chi connectivity index (χ1) is 15.6. The van der Waals surface area contributed by atoms with Crippen molar-refractivity contribution in [3.8, 4) is 11.6 Å². The first-order valence-corrected chi connectivity index (χ1v) is 10.6. The molecule has 166 valence electrons. The number of carbonyl (C=O) groups is 1. The molecule has 0 saturated heterocycles. The Hall–Kier alpha value is -3.39. The number of halogens is 1. The maximum atomic E-state index is 14.1. The van der Waals surface area contributed by atoms with Crippen LogP contribution in [0.25, 0.3) is 0 Å². The van der Waals surface area contributed by atoms with Gasteiger partial charge in [-0.05, 0) is 35.7 Å². The van der Waals surface area contributed by atoms with E-state index in [0.717, 1.165) is 16.9 Å². The fourth-order valence-corrected chi connectivity index (χ4v) is 4.22. The minimum Gasteiger partial charge on any atom is -0.491 e. The second-order valence-electron chi connectivity index (χ2n) is 8.07. The van der Waals surface area contributed by atoms with E-state index in [1.54, 1.807) is 36.1 Å². The predicted octanol–water partition coefficient (Wildman–Crippen LogP) is 3.43. The average Bonchev–Trinajstić information content (AvgIpc) is 3.23. The molecule has 5 rings (SSSR count). The van der Waals surface area contributed by atoms with Crippen LogP contribution in [0.5, 0.6) is 11.6 Å². The van der Waals surface area contributed by atoms with E-state index in [2.05, 4.69) is 10.4 Å². The predicted molar refractivity (Wildman–Crippen MR) is 114 cm³/mol. The van der Waals surface area contributed by atoms with Crippen LogP contribution in [0, 0.1) is 5.82 Å². The van der Waals surface area contributed by atoms with Crippen LogP contribution in [0.2, 0.25) is 0 Å². The summed E-state index contributed by atoms with van der Waals surface area (Å²) in [5, 5.41) is 7.38. The first kappa shape index (κ1) is 20.5. The van der Waals surface area contributed by atoms with Crippen LogP contribution in [0.1, 0.15) is 39.7 Å². The van der Waals surface area contributed by atoms with Crippen LogP contribution in [0.15, 0.2) is 48.5 Å². The second-order valence-corrected chi connectivity index (χ2v) is 8.07. The molecule has 7 nitrogen and oxygen atoms in total. The lowest BCUT2D eigenvalue weighted by Crippen LogP contribution is -2.42. The highest BCUT2D eigenvalue weighted by Crippen LogP contribution is 2.32. The maximum Gasteiger partial charge on any atom is 0.272 e. The zero-order valence-corrected chi connectivity index (χ0v) is 17.7. The Kier molecular flexibility index (Phi) is 5.53. The number of methoxy groups -OCH3 is 1. The van der Waals surface area contributed by atoms with Crippen LogP contribution in [-0.4, -0.2) is 35.4 Å². The van der Waals surface area contributed by atoms with Crippen molar-refractivity contribution in [2.75, 3.05) is 13.7 Å². The number of nitrogens with zero attached hydrogens (tertiary/aromatic N) is 2. The molecule has 3 aromatic rings. The molecule has 32 heavy (non-hydrogen) atoms. The summed E-state index contributed by atoms with van der Waals surface area (Å²) < 4.78 is 32.7. The van der Waals surface area contributed by atoms with Gasteiger partial charge in [0.2, 0.25) is 5.88 Å². The molecule has 8 heteroatoms. The second kappa shape index (κ2) is 8.63. The molecule has 1 amide bonds. The lowest BCUT2D eigenvalue weighted by molar-refractivity contribution is 0.0909. The fraction of sp³-hybridized carbons (Fsp3) is 0.333. The number of aryl methyl sites for hydroxylation is 1. The minimum absolute atomic E-state index is 0.168. The first-order valence-electron chi connectivity index (χ1n) is 10.6. The monoisotopic (exact) mass is 437 g/mol. The quantitative estimate of drug-likeness (QED) is 0.662. The highest BCUT2D eigenvalue weighted by molar-refractivity contribution is 5.92. The van der Waals surface area contributed by atoms with Gasteiger partial charge in [0, 0.05) is 31.7 Å². The molecular formula is C24H24FN3O4. The summed E-state index contributed by atoms with van der Waals surface area (Å²) in [5.74, 6) is 0.710. The molecule has 0 saturated carbocycles. The Bertz CT molecular complexity index is 1150.